The molecular formula is C40H75O13P. The van der Waals surface area contributed by atoms with Gasteiger partial charge in [0.15, 0.2) is 6.10 Å². The van der Waals surface area contributed by atoms with E-state index in [-0.39, 0.29) is 31.3 Å². The third-order valence-electron chi connectivity index (χ3n) is 9.95. The van der Waals surface area contributed by atoms with E-state index in [1.807, 2.05) is 6.08 Å². The van der Waals surface area contributed by atoms with Crippen LogP contribution in [0.15, 0.2) is 12.2 Å². The van der Waals surface area contributed by atoms with E-state index in [1.165, 1.54) is 32.1 Å². The number of hydrogen-bond acceptors (Lipinski definition) is 12. The van der Waals surface area contributed by atoms with E-state index >= 15 is 0 Å². The van der Waals surface area contributed by atoms with Crippen LogP contribution in [0, 0.1) is 17.8 Å². The predicted octanol–water partition coefficient (Wildman–Crippen LogP) is 6.68. The fourth-order valence-corrected chi connectivity index (χ4v) is 7.47. The van der Waals surface area contributed by atoms with Crippen LogP contribution in [0.4, 0.5) is 0 Å². The zero-order valence-corrected chi connectivity index (χ0v) is 34.3. The molecule has 0 heterocycles. The zero-order chi connectivity index (χ0) is 40.2. The molecule has 0 aromatic rings. The number of aliphatic hydroxyl groups is 5. The Morgan fingerprint density at radius 3 is 1.96 bits per heavy atom. The first kappa shape index (κ1) is 50.6. The number of esters is 2. The van der Waals surface area contributed by atoms with E-state index in [0.717, 1.165) is 57.3 Å². The van der Waals surface area contributed by atoms with Gasteiger partial charge < -0.3 is 39.9 Å². The summed E-state index contributed by atoms with van der Waals surface area (Å²) < 4.78 is 32.6. The van der Waals surface area contributed by atoms with Gasteiger partial charge in [-0.15, -0.1) is 0 Å². The second-order valence-electron chi connectivity index (χ2n) is 15.5. The van der Waals surface area contributed by atoms with Gasteiger partial charge >= 0.3 is 19.8 Å². The quantitative estimate of drug-likeness (QED) is 0.0174. The summed E-state index contributed by atoms with van der Waals surface area (Å²) >= 11 is 0. The SMILES string of the molecule is CCCCC[C@H](O)/C=C/[C@@H]1[C@@H](CCCCCCC(=O)O[C@H](COC(=O)CCCCCCCCCCC(C)C)COP(=O)(O)OC[C@@H](O)CO)[C@@H](O)C[C@H]1O. The first-order valence-corrected chi connectivity index (χ1v) is 22.3. The summed E-state index contributed by atoms with van der Waals surface area (Å²) in [4.78, 5) is 35.1. The maximum Gasteiger partial charge on any atom is 0.472 e. The van der Waals surface area contributed by atoms with Crippen molar-refractivity contribution in [3.63, 3.8) is 0 Å². The highest BCUT2D eigenvalue weighted by Crippen LogP contribution is 2.43. The van der Waals surface area contributed by atoms with Crippen LogP contribution in [0.5, 0.6) is 0 Å². The van der Waals surface area contributed by atoms with Crippen LogP contribution < -0.4 is 0 Å². The highest BCUT2D eigenvalue weighted by Gasteiger charge is 2.39. The van der Waals surface area contributed by atoms with Crippen LogP contribution in [0.3, 0.4) is 0 Å². The Bertz CT molecular complexity index is 1040. The molecule has 1 unspecified atom stereocenters. The van der Waals surface area contributed by atoms with E-state index in [4.69, 9.17) is 19.1 Å². The Kier molecular flexibility index (Phi) is 28.8. The van der Waals surface area contributed by atoms with Gasteiger partial charge in [0, 0.05) is 25.2 Å². The molecule has 8 atom stereocenters. The molecule has 1 saturated carbocycles. The fourth-order valence-electron chi connectivity index (χ4n) is 6.69. The molecule has 13 nitrogen and oxygen atoms in total. The van der Waals surface area contributed by atoms with Gasteiger partial charge in [0.25, 0.3) is 0 Å². The highest BCUT2D eigenvalue weighted by atomic mass is 31.2. The zero-order valence-electron chi connectivity index (χ0n) is 33.4. The van der Waals surface area contributed by atoms with Gasteiger partial charge in [-0.1, -0.05) is 123 Å². The summed E-state index contributed by atoms with van der Waals surface area (Å²) in [5.74, 6) is -0.650. The minimum absolute atomic E-state index is 0.0597. The van der Waals surface area contributed by atoms with Crippen molar-refractivity contribution in [2.45, 2.75) is 186 Å². The van der Waals surface area contributed by atoms with Gasteiger partial charge in [0.2, 0.25) is 0 Å². The molecule has 0 saturated heterocycles. The van der Waals surface area contributed by atoms with E-state index in [0.29, 0.717) is 38.5 Å². The van der Waals surface area contributed by atoms with Crippen molar-refractivity contribution in [1.82, 2.24) is 0 Å². The number of phosphoric ester groups is 1. The lowest BCUT2D eigenvalue weighted by atomic mass is 9.88. The largest absolute Gasteiger partial charge is 0.472 e. The van der Waals surface area contributed by atoms with Crippen molar-refractivity contribution in [2.24, 2.45) is 17.8 Å². The Morgan fingerprint density at radius 1 is 0.759 bits per heavy atom. The number of carbonyl (C=O) groups is 2. The lowest BCUT2D eigenvalue weighted by Gasteiger charge is -2.21. The summed E-state index contributed by atoms with van der Waals surface area (Å²) in [6, 6.07) is 0. The van der Waals surface area contributed by atoms with Crippen LogP contribution in [0.1, 0.15) is 156 Å². The average molecular weight is 795 g/mol. The molecule has 6 N–H and O–H groups in total. The second kappa shape index (κ2) is 30.7. The second-order valence-corrected chi connectivity index (χ2v) is 16.9. The maximum absolute atomic E-state index is 12.7. The maximum atomic E-state index is 12.7. The molecule has 0 aromatic carbocycles. The van der Waals surface area contributed by atoms with Gasteiger partial charge in [-0.3, -0.25) is 18.6 Å². The molecule has 1 aliphatic carbocycles. The van der Waals surface area contributed by atoms with Crippen LogP contribution in [-0.4, -0.2) is 99.3 Å². The molecule has 1 aliphatic rings. The molecule has 1 fully saturated rings. The lowest BCUT2D eigenvalue weighted by molar-refractivity contribution is -0.161. The number of hydrogen-bond donors (Lipinski definition) is 6. The summed E-state index contributed by atoms with van der Waals surface area (Å²) in [7, 11) is -4.67. The smallest absolute Gasteiger partial charge is 0.462 e. The van der Waals surface area contributed by atoms with Crippen molar-refractivity contribution in [2.75, 3.05) is 26.4 Å². The lowest BCUT2D eigenvalue weighted by Crippen LogP contribution is -2.29. The standard InChI is InChI=1S/C40H75O13P/c1-4-5-14-20-32(42)24-25-36-35(37(44)26-38(36)45)21-16-12-13-18-23-40(47)53-34(30-52-54(48,49)51-28-33(43)27-41)29-50-39(46)22-17-11-9-7-6-8-10-15-19-31(2)3/h24-25,31-38,41-45H,4-23,26-30H2,1-3H3,(H,48,49)/b25-24+/t32-,33-,34+,35+,36+,37-,38+/m0/s1. The first-order valence-electron chi connectivity index (χ1n) is 20.8. The van der Waals surface area contributed by atoms with Gasteiger partial charge in [0.1, 0.15) is 12.7 Å². The van der Waals surface area contributed by atoms with Gasteiger partial charge in [-0.05, 0) is 37.5 Å². The molecule has 1 rings (SSSR count). The summed E-state index contributed by atoms with van der Waals surface area (Å²) in [6.45, 7) is 4.29. The third kappa shape index (κ3) is 25.7. The summed E-state index contributed by atoms with van der Waals surface area (Å²) in [6.07, 6.45) is 16.9. The molecule has 0 spiro atoms. The van der Waals surface area contributed by atoms with Crippen LogP contribution >= 0.6 is 7.82 Å². The Morgan fingerprint density at radius 2 is 1.33 bits per heavy atom. The van der Waals surface area contributed by atoms with Gasteiger partial charge in [-0.25, -0.2) is 4.57 Å². The van der Waals surface area contributed by atoms with Crippen molar-refractivity contribution in [1.29, 1.82) is 0 Å². The predicted molar refractivity (Wildman–Crippen MR) is 207 cm³/mol. The normalized spacial score (nSPS) is 21.7. The molecule has 54 heavy (non-hydrogen) atoms. The summed E-state index contributed by atoms with van der Waals surface area (Å²) in [5.41, 5.74) is 0. The molecule has 0 radical (unpaired) electrons. The molecule has 0 aliphatic heterocycles. The first-order chi connectivity index (χ1) is 25.8. The van der Waals surface area contributed by atoms with Crippen molar-refractivity contribution >= 4 is 19.8 Å². The van der Waals surface area contributed by atoms with Gasteiger partial charge in [-0.2, -0.15) is 0 Å². The van der Waals surface area contributed by atoms with Gasteiger partial charge in [0.05, 0.1) is 38.1 Å². The number of phosphoric acid groups is 1. The monoisotopic (exact) mass is 794 g/mol. The summed E-state index contributed by atoms with van der Waals surface area (Å²) in [5, 5.41) is 49.7. The van der Waals surface area contributed by atoms with Crippen LogP contribution in [0.25, 0.3) is 0 Å². The Balaban J connectivity index is 2.49. The van der Waals surface area contributed by atoms with Crippen molar-refractivity contribution < 1.29 is 63.1 Å². The van der Waals surface area contributed by atoms with Crippen molar-refractivity contribution in [3.8, 4) is 0 Å². The molecule has 0 amide bonds. The number of ether oxygens (including phenoxy) is 2. The van der Waals surface area contributed by atoms with E-state index < -0.39 is 70.1 Å². The number of carbonyl (C=O) groups excluding carboxylic acids is 2. The number of aliphatic hydroxyl groups excluding tert-OH is 5. The topological polar surface area (TPSA) is 210 Å². The fraction of sp³-hybridized carbons (Fsp3) is 0.900. The van der Waals surface area contributed by atoms with E-state index in [2.05, 4.69) is 25.3 Å². The third-order valence-corrected chi connectivity index (χ3v) is 10.9. The minimum Gasteiger partial charge on any atom is -0.462 e. The number of unbranched alkanes of at least 4 members (excludes halogenated alkanes) is 12. The molecule has 14 heteroatoms. The minimum atomic E-state index is -4.67. The molecule has 318 valence electrons. The van der Waals surface area contributed by atoms with Crippen LogP contribution in [-0.2, 0) is 32.7 Å². The molecule has 0 bridgehead atoms. The van der Waals surface area contributed by atoms with E-state index in [9.17, 15) is 39.5 Å². The Labute approximate surface area is 324 Å². The van der Waals surface area contributed by atoms with E-state index in [1.54, 1.807) is 6.08 Å². The number of rotatable bonds is 34. The van der Waals surface area contributed by atoms with Crippen molar-refractivity contribution in [3.05, 3.63) is 12.2 Å². The Hall–Kier alpha value is -1.41. The average Bonchev–Trinajstić information content (AvgIpc) is 3.40. The van der Waals surface area contributed by atoms with Crippen LogP contribution in [0.2, 0.25) is 0 Å². The molecule has 0 aromatic heterocycles. The molecular weight excluding hydrogens is 719 g/mol. The highest BCUT2D eigenvalue weighted by molar-refractivity contribution is 7.47.